The molecule has 0 aromatic heterocycles. The summed E-state index contributed by atoms with van der Waals surface area (Å²) in [4.78, 5) is 0. The molecule has 0 spiro atoms. The maximum absolute atomic E-state index is 15.8. The highest BCUT2D eigenvalue weighted by atomic mass is 79.9. The summed E-state index contributed by atoms with van der Waals surface area (Å²) in [7, 11) is -8.17. The van der Waals surface area contributed by atoms with Crippen LogP contribution in [0, 0.1) is 0 Å². The normalized spacial score (nSPS) is 11.1. The number of halogens is 2. The summed E-state index contributed by atoms with van der Waals surface area (Å²) in [5.41, 5.74) is 17.8. The van der Waals surface area contributed by atoms with E-state index in [0.29, 0.717) is 0 Å². The average Bonchev–Trinajstić information content (AvgIpc) is 0.760. The molecular formula is C96H70Br2O3P3+. The van der Waals surface area contributed by atoms with Gasteiger partial charge in [0.05, 0.1) is 0 Å². The van der Waals surface area contributed by atoms with Crippen LogP contribution in [0.3, 0.4) is 0 Å². The summed E-state index contributed by atoms with van der Waals surface area (Å²) < 4.78 is 46.6. The highest BCUT2D eigenvalue weighted by molar-refractivity contribution is 9.10. The van der Waals surface area contributed by atoms with E-state index in [2.05, 4.69) is 226 Å². The molecule has 500 valence electrons. The lowest BCUT2D eigenvalue weighted by molar-refractivity contribution is 0.591. The average molecular weight is 1520 g/mol. The van der Waals surface area contributed by atoms with Crippen molar-refractivity contribution in [1.82, 2.24) is 0 Å². The molecule has 0 heterocycles. The van der Waals surface area contributed by atoms with Gasteiger partial charge in [-0.3, -0.25) is 0 Å². The summed E-state index contributed by atoms with van der Waals surface area (Å²) in [6, 6.07) is 143. The van der Waals surface area contributed by atoms with Crippen LogP contribution < -0.4 is 42.4 Å². The molecule has 0 saturated heterocycles. The third kappa shape index (κ3) is 16.3. The van der Waals surface area contributed by atoms with Crippen LogP contribution >= 0.6 is 53.9 Å². The molecule has 0 fully saturated rings. The molecule has 0 amide bonds. The van der Waals surface area contributed by atoms with Gasteiger partial charge in [0.15, 0.2) is 24.9 Å². The lowest BCUT2D eigenvalue weighted by atomic mass is 10.1. The van der Waals surface area contributed by atoms with Crippen molar-refractivity contribution in [2.24, 2.45) is 0 Å². The van der Waals surface area contributed by atoms with E-state index < -0.39 is 22.1 Å². The molecule has 0 aliphatic heterocycles. The van der Waals surface area contributed by atoms with E-state index in [1.54, 1.807) is 0 Å². The fourth-order valence-electron chi connectivity index (χ4n) is 12.9. The van der Waals surface area contributed by atoms with E-state index in [1.165, 1.54) is 22.3 Å². The summed E-state index contributed by atoms with van der Waals surface area (Å²) in [5, 5.41) is 6.34. The van der Waals surface area contributed by atoms with E-state index >= 15 is 9.13 Å². The number of rotatable bonds is 16. The Balaban J connectivity index is 0.000000184. The van der Waals surface area contributed by atoms with Gasteiger partial charge in [-0.15, -0.1) is 0 Å². The molecular weight excluding hydrogens is 1450 g/mol. The van der Waals surface area contributed by atoms with Gasteiger partial charge in [-0.25, -0.2) is 0 Å². The Hall–Kier alpha value is -11.0. The molecule has 0 atom stereocenters. The fourth-order valence-corrected chi connectivity index (χ4v) is 19.7. The fraction of sp³-hybridized carbons (Fsp3) is 0. The van der Waals surface area contributed by atoms with Crippen molar-refractivity contribution in [1.29, 1.82) is 0 Å². The van der Waals surface area contributed by atoms with Gasteiger partial charge in [-0.2, -0.15) is 0 Å². The zero-order valence-electron chi connectivity index (χ0n) is 56.7. The minimum Gasteiger partial charge on any atom is -0.309 e. The highest BCUT2D eigenvalue weighted by Gasteiger charge is 2.32. The lowest BCUT2D eigenvalue weighted by Gasteiger charge is -2.22. The maximum Gasteiger partial charge on any atom is 0.415 e. The molecule has 8 heteroatoms. The molecule has 16 rings (SSSR count). The van der Waals surface area contributed by atoms with E-state index in [0.717, 1.165) is 118 Å². The van der Waals surface area contributed by atoms with E-state index in [-0.39, 0.29) is 0 Å². The Morgan fingerprint density at radius 1 is 0.163 bits per heavy atom. The summed E-state index contributed by atoms with van der Waals surface area (Å²) in [5.74, 6) is 0. The van der Waals surface area contributed by atoms with Gasteiger partial charge in [-0.1, -0.05) is 388 Å². The zero-order valence-corrected chi connectivity index (χ0v) is 62.6. The predicted octanol–water partition coefficient (Wildman–Crippen LogP) is 24.0. The van der Waals surface area contributed by atoms with Crippen molar-refractivity contribution in [3.8, 4) is 89.0 Å². The quantitative estimate of drug-likeness (QED) is 0.0906. The van der Waals surface area contributed by atoms with Gasteiger partial charge in [0.2, 0.25) is 0 Å². The van der Waals surface area contributed by atoms with Crippen LogP contribution in [0.4, 0.5) is 0 Å². The van der Waals surface area contributed by atoms with Crippen molar-refractivity contribution in [3.63, 3.8) is 0 Å². The van der Waals surface area contributed by atoms with Crippen LogP contribution in [0.2, 0.25) is 0 Å². The first-order valence-electron chi connectivity index (χ1n) is 34.4. The van der Waals surface area contributed by atoms with Crippen LogP contribution in [-0.4, -0.2) is 0 Å². The Labute approximate surface area is 627 Å². The van der Waals surface area contributed by atoms with Crippen LogP contribution in [0.25, 0.3) is 89.0 Å². The molecule has 0 saturated carbocycles. The van der Waals surface area contributed by atoms with Gasteiger partial charge in [0.1, 0.15) is 0 Å². The molecule has 16 aromatic carbocycles. The minimum atomic E-state index is -3.29. The highest BCUT2D eigenvalue weighted by Crippen LogP contribution is 2.46. The molecule has 0 unspecified atom stereocenters. The Morgan fingerprint density at radius 2 is 0.288 bits per heavy atom. The van der Waals surface area contributed by atoms with Crippen molar-refractivity contribution in [3.05, 3.63) is 434 Å². The van der Waals surface area contributed by atoms with Crippen LogP contribution in [0.15, 0.2) is 434 Å². The second-order valence-electron chi connectivity index (χ2n) is 25.1. The van der Waals surface area contributed by atoms with Crippen molar-refractivity contribution in [2.45, 2.75) is 0 Å². The SMILES string of the molecule is Brc1ccc(-c2ccc(Br)cc2)cc1.O=P(c1ccc(-c2ccccc2)cc1)(c1ccc(-c2ccccc2)cc1)c1ccc(-c2ccc(P(=O)(c3ccc(-c4ccccc4)cc3)c3ccc(-c4ccccc4)cc3)cc2)cc1.O=[P+](c1ccc(-c2ccccc2)cc1)c1ccc(-c2ccccc2)cc1. The number of hydrogen-bond donors (Lipinski definition) is 0. The smallest absolute Gasteiger partial charge is 0.309 e. The van der Waals surface area contributed by atoms with Crippen molar-refractivity contribution < 1.29 is 13.7 Å². The van der Waals surface area contributed by atoms with Gasteiger partial charge in [0.25, 0.3) is 0 Å². The first kappa shape index (κ1) is 70.1. The molecule has 0 aliphatic carbocycles. The van der Waals surface area contributed by atoms with Crippen molar-refractivity contribution >= 4 is 96.4 Å². The molecule has 3 nitrogen and oxygen atoms in total. The zero-order chi connectivity index (χ0) is 71.1. The standard InChI is InChI=1S/C60H44O2P2.C24H18OP.C12H8Br2/c61-63(55-33-21-49(22-34-55)45-13-5-1-6-14-45,56-35-23-50(24-36-56)46-15-7-2-8-16-46)59-41-29-53(30-42-59)54-31-43-60(44-32-54)64(62,57-37-25-51(26-38-57)47-17-9-3-10-18-47)58-39-27-52(28-40-58)48-19-11-4-12-20-48;25-26(23-15-11-21(12-16-23)19-7-3-1-4-8-19)24-17-13-22(14-18-24)20-9-5-2-6-10-20;13-11-5-1-9(2-6-11)10-3-7-12(14)8-4-10/h1-44H;1-18H;1-8H/q;+1;. The second-order valence-corrected chi connectivity index (χ2v) is 34.1. The second kappa shape index (κ2) is 33.0. The van der Waals surface area contributed by atoms with Gasteiger partial charge in [0, 0.05) is 40.8 Å². The molecule has 0 radical (unpaired) electrons. The monoisotopic (exact) mass is 1520 g/mol. The molecule has 0 aliphatic rings. The topological polar surface area (TPSA) is 51.2 Å². The third-order valence-corrected chi connectivity index (χ3v) is 27.3. The first-order valence-corrected chi connectivity index (χ1v) is 40.7. The number of benzene rings is 16. The number of hydrogen-bond acceptors (Lipinski definition) is 3. The lowest BCUT2D eigenvalue weighted by Crippen LogP contribution is -2.25. The van der Waals surface area contributed by atoms with Gasteiger partial charge in [-0.05, 0) is 162 Å². The predicted molar refractivity (Wildman–Crippen MR) is 450 cm³/mol. The van der Waals surface area contributed by atoms with Gasteiger partial charge >= 0.3 is 7.80 Å². The maximum atomic E-state index is 15.8. The largest absolute Gasteiger partial charge is 0.415 e. The Kier molecular flexibility index (Phi) is 22.2. The first-order chi connectivity index (χ1) is 51.0. The Morgan fingerprint density at radius 3 is 0.442 bits per heavy atom. The molecule has 16 aromatic rings. The van der Waals surface area contributed by atoms with Crippen LogP contribution in [-0.2, 0) is 13.7 Å². The van der Waals surface area contributed by atoms with E-state index in [9.17, 15) is 4.57 Å². The molecule has 0 N–H and O–H groups in total. The molecule has 0 bridgehead atoms. The van der Waals surface area contributed by atoms with Crippen LogP contribution in [0.1, 0.15) is 0 Å². The van der Waals surface area contributed by atoms with E-state index in [4.69, 9.17) is 0 Å². The summed E-state index contributed by atoms with van der Waals surface area (Å²) >= 11 is 6.84. The van der Waals surface area contributed by atoms with Gasteiger partial charge < -0.3 is 9.13 Å². The molecule has 104 heavy (non-hydrogen) atoms. The third-order valence-electron chi connectivity index (χ3n) is 18.6. The Bertz CT molecular complexity index is 5040. The van der Waals surface area contributed by atoms with Crippen molar-refractivity contribution in [2.75, 3.05) is 0 Å². The summed E-state index contributed by atoms with van der Waals surface area (Å²) in [6.45, 7) is 0. The minimum absolute atomic E-state index is 0.759. The van der Waals surface area contributed by atoms with Crippen LogP contribution in [0.5, 0.6) is 0 Å². The van der Waals surface area contributed by atoms with E-state index in [1.807, 2.05) is 231 Å². The summed E-state index contributed by atoms with van der Waals surface area (Å²) in [6.07, 6.45) is 0.